The van der Waals surface area contributed by atoms with Gasteiger partial charge in [-0.1, -0.05) is 54.6 Å². The number of anilines is 3. The second-order valence-corrected chi connectivity index (χ2v) is 16.6. The molecule has 6 rings (SSSR count). The number of nitrogens with zero attached hydrogens (tertiary/aromatic N) is 3. The van der Waals surface area contributed by atoms with E-state index in [1.165, 1.54) is 18.2 Å². The predicted octanol–water partition coefficient (Wildman–Crippen LogP) is 8.23. The average Bonchev–Trinajstić information content (AvgIpc) is 3.22. The van der Waals surface area contributed by atoms with Crippen LogP contribution < -0.4 is 25.5 Å². The number of fused-ring (bicyclic) bond motifs is 2. The number of alkyl halides is 3. The van der Waals surface area contributed by atoms with Crippen LogP contribution in [0, 0.1) is 0 Å². The van der Waals surface area contributed by atoms with Crippen LogP contribution >= 0.6 is 0 Å². The molecular formula is C42H40F3N5O9S2. The van der Waals surface area contributed by atoms with Crippen LogP contribution in [0.1, 0.15) is 13.8 Å². The van der Waals surface area contributed by atoms with E-state index < -0.39 is 42.6 Å². The van der Waals surface area contributed by atoms with Gasteiger partial charge in [-0.05, 0) is 62.4 Å². The number of sulfonamides is 2. The number of nitrogens with one attached hydrogen (secondary N) is 2. The summed E-state index contributed by atoms with van der Waals surface area (Å²) in [6.07, 6.45) is -1.29. The van der Waals surface area contributed by atoms with Crippen molar-refractivity contribution in [2.75, 3.05) is 54.9 Å². The Morgan fingerprint density at radius 3 is 1.97 bits per heavy atom. The van der Waals surface area contributed by atoms with Gasteiger partial charge in [0.25, 0.3) is 0 Å². The zero-order valence-electron chi connectivity index (χ0n) is 32.8. The van der Waals surface area contributed by atoms with E-state index in [2.05, 4.69) is 14.8 Å². The highest BCUT2D eigenvalue weighted by atomic mass is 32.3. The fraction of sp³-hybridized carbons (Fsp3) is 0.214. The summed E-state index contributed by atoms with van der Waals surface area (Å²) in [5, 5.41) is 6.27. The Balaban J connectivity index is 1.40. The zero-order valence-corrected chi connectivity index (χ0v) is 34.4. The maximum Gasteiger partial charge on any atom is 0.480 e. The van der Waals surface area contributed by atoms with Gasteiger partial charge in [0.1, 0.15) is 34.5 Å². The molecule has 4 aromatic rings. The number of hydrogen-bond acceptors (Lipinski definition) is 10. The van der Waals surface area contributed by atoms with E-state index in [9.17, 15) is 39.6 Å². The molecule has 0 bridgehead atoms. The third kappa shape index (κ3) is 10.7. The van der Waals surface area contributed by atoms with Gasteiger partial charge < -0.3 is 22.9 Å². The Morgan fingerprint density at radius 1 is 0.754 bits per heavy atom. The van der Waals surface area contributed by atoms with Gasteiger partial charge in [-0.2, -0.15) is 13.2 Å². The summed E-state index contributed by atoms with van der Waals surface area (Å²) < 4.78 is 113. The van der Waals surface area contributed by atoms with E-state index in [0.29, 0.717) is 46.5 Å². The molecule has 0 saturated heterocycles. The molecule has 2 amide bonds. The number of hydrogen-bond donors (Lipinski definition) is 2. The SMILES string of the molecule is CCN(CCOC(=O)Nc1ccccc1)c1ccc2c(-c3ccccc3S(=O)(=O)[N-]S(=O)(=O)C(F)(F)F)c3ccc(=[N+](CC)CCOC(=O)Nc4ccccc4)cc-3oc2c1. The molecule has 0 aromatic heterocycles. The average molecular weight is 880 g/mol. The Kier molecular flexibility index (Phi) is 13.6. The van der Waals surface area contributed by atoms with Gasteiger partial charge in [-0.25, -0.2) is 31.0 Å². The van der Waals surface area contributed by atoms with Crippen LogP contribution in [0.15, 0.2) is 131 Å². The maximum absolute atomic E-state index is 13.5. The molecular weight excluding hydrogens is 840 g/mol. The number of carbonyl (C=O) groups excluding carboxylic acids is 2. The summed E-state index contributed by atoms with van der Waals surface area (Å²) in [6.45, 7) is 5.25. The number of para-hydroxylation sites is 2. The molecule has 1 aliphatic heterocycles. The second-order valence-electron chi connectivity index (χ2n) is 13.2. The number of halogens is 3. The third-order valence-electron chi connectivity index (χ3n) is 9.33. The highest BCUT2D eigenvalue weighted by Gasteiger charge is 2.41. The minimum absolute atomic E-state index is 0.00800. The summed E-state index contributed by atoms with van der Waals surface area (Å²) in [5.74, 6) is 0.231. The summed E-state index contributed by atoms with van der Waals surface area (Å²) in [4.78, 5) is 26.0. The zero-order chi connectivity index (χ0) is 43.8. The first-order chi connectivity index (χ1) is 29.1. The van der Waals surface area contributed by atoms with Crippen molar-refractivity contribution >= 4 is 60.3 Å². The highest BCUT2D eigenvalue weighted by molar-refractivity contribution is 8.12. The van der Waals surface area contributed by atoms with E-state index >= 15 is 0 Å². The van der Waals surface area contributed by atoms with Gasteiger partial charge in [-0.3, -0.25) is 10.6 Å². The fourth-order valence-electron chi connectivity index (χ4n) is 6.45. The number of carbonyl (C=O) groups is 2. The van der Waals surface area contributed by atoms with Crippen molar-refractivity contribution < 1.29 is 53.5 Å². The number of amides is 2. The van der Waals surface area contributed by atoms with Crippen LogP contribution in [0.25, 0.3) is 37.5 Å². The molecule has 1 aliphatic carbocycles. The monoisotopic (exact) mass is 879 g/mol. The van der Waals surface area contributed by atoms with Gasteiger partial charge in [0.05, 0.1) is 17.5 Å². The van der Waals surface area contributed by atoms with Crippen LogP contribution in [0.4, 0.5) is 39.8 Å². The summed E-state index contributed by atoms with van der Waals surface area (Å²) in [7, 11) is -11.9. The molecule has 4 aromatic carbocycles. The standard InChI is InChI=1S/C42H40F3N5O9S2/c1-3-49(23-25-57-40(51)46-29-13-7-5-8-14-29)31-19-21-33-36(27-31)59-37-28-32(50(4-2)24-26-58-41(52)47-30-15-9-6-10-16-30)20-22-34(37)39(33)35-17-11-12-18-38(35)60(53,54)48-61(55,56)42(43,44)45/h5-22,27-28H,3-4,23-26H2,1-2H3,(H,46,51)(H,47,52). The smallest absolute Gasteiger partial charge is 0.456 e. The molecule has 19 heteroatoms. The number of likely N-dealkylation sites (N-methyl/N-ethyl adjacent to an activating group) is 2. The molecule has 0 spiro atoms. The van der Waals surface area contributed by atoms with E-state index in [1.807, 2.05) is 35.5 Å². The molecule has 2 aliphatic rings. The molecule has 0 unspecified atom stereocenters. The van der Waals surface area contributed by atoms with Crippen LogP contribution in [0.5, 0.6) is 0 Å². The summed E-state index contributed by atoms with van der Waals surface area (Å²) in [6, 6.07) is 32.7. The van der Waals surface area contributed by atoms with E-state index in [0.717, 1.165) is 6.07 Å². The molecule has 0 radical (unpaired) electrons. The topological polar surface area (TPSA) is 178 Å². The van der Waals surface area contributed by atoms with Crippen molar-refractivity contribution in [2.45, 2.75) is 24.3 Å². The Hall–Kier alpha value is -6.44. The van der Waals surface area contributed by atoms with Crippen LogP contribution in [0.3, 0.4) is 0 Å². The van der Waals surface area contributed by atoms with E-state index in [4.69, 9.17) is 13.9 Å². The summed E-state index contributed by atoms with van der Waals surface area (Å²) >= 11 is 0. The number of benzene rings is 5. The first kappa shape index (κ1) is 44.1. The molecule has 61 heavy (non-hydrogen) atoms. The lowest BCUT2D eigenvalue weighted by atomic mass is 9.93. The van der Waals surface area contributed by atoms with E-state index in [-0.39, 0.29) is 48.8 Å². The van der Waals surface area contributed by atoms with Gasteiger partial charge in [0.15, 0.2) is 23.2 Å². The highest BCUT2D eigenvalue weighted by Crippen LogP contribution is 2.44. The normalized spacial score (nSPS) is 12.5. The first-order valence-electron chi connectivity index (χ1n) is 18.8. The van der Waals surface area contributed by atoms with Gasteiger partial charge in [0.2, 0.25) is 5.36 Å². The molecule has 0 fully saturated rings. The van der Waals surface area contributed by atoms with Crippen molar-refractivity contribution in [1.82, 2.24) is 4.58 Å². The van der Waals surface area contributed by atoms with E-state index in [1.54, 1.807) is 84.9 Å². The molecule has 320 valence electrons. The Morgan fingerprint density at radius 2 is 1.36 bits per heavy atom. The quantitative estimate of drug-likeness (QED) is 0.0754. The molecule has 14 nitrogen and oxygen atoms in total. The van der Waals surface area contributed by atoms with Crippen molar-refractivity contribution in [3.8, 4) is 22.5 Å². The largest absolute Gasteiger partial charge is 0.480 e. The van der Waals surface area contributed by atoms with Crippen molar-refractivity contribution in [1.29, 1.82) is 0 Å². The minimum atomic E-state index is -6.45. The maximum atomic E-state index is 13.5. The second kappa shape index (κ2) is 18.9. The van der Waals surface area contributed by atoms with Gasteiger partial charge in [0, 0.05) is 57.8 Å². The van der Waals surface area contributed by atoms with Crippen molar-refractivity contribution in [3.63, 3.8) is 0 Å². The minimum Gasteiger partial charge on any atom is -0.456 e. The number of ether oxygens (including phenoxy) is 2. The molecule has 0 saturated carbocycles. The van der Waals surface area contributed by atoms with Gasteiger partial charge in [-0.15, -0.1) is 0 Å². The lowest BCUT2D eigenvalue weighted by Gasteiger charge is -2.25. The lowest BCUT2D eigenvalue weighted by Crippen LogP contribution is -2.33. The van der Waals surface area contributed by atoms with Crippen LogP contribution in [0.2, 0.25) is 0 Å². The van der Waals surface area contributed by atoms with Crippen molar-refractivity contribution in [2.24, 2.45) is 0 Å². The molecule has 0 atom stereocenters. The summed E-state index contributed by atoms with van der Waals surface area (Å²) in [5.41, 5.74) is -3.56. The van der Waals surface area contributed by atoms with Crippen molar-refractivity contribution in [3.05, 3.63) is 131 Å². The van der Waals surface area contributed by atoms with Crippen LogP contribution in [-0.4, -0.2) is 73.9 Å². The Labute approximate surface area is 349 Å². The lowest BCUT2D eigenvalue weighted by molar-refractivity contribution is -0.0425. The third-order valence-corrected chi connectivity index (χ3v) is 12.4. The molecule has 2 N–H and O–H groups in total. The first-order valence-corrected chi connectivity index (χ1v) is 21.7. The van der Waals surface area contributed by atoms with Crippen LogP contribution in [-0.2, 0) is 29.5 Å². The number of rotatable bonds is 15. The Bertz CT molecular complexity index is 2790. The molecule has 1 heterocycles. The predicted molar refractivity (Wildman–Crippen MR) is 225 cm³/mol. The van der Waals surface area contributed by atoms with Gasteiger partial charge >= 0.3 is 17.7 Å². The fourth-order valence-corrected chi connectivity index (χ4v) is 8.84.